The minimum atomic E-state index is -0.248. The third kappa shape index (κ3) is 4.34. The molecule has 0 spiro atoms. The van der Waals surface area contributed by atoms with Crippen molar-refractivity contribution in [1.29, 1.82) is 0 Å². The van der Waals surface area contributed by atoms with Crippen LogP contribution >= 0.6 is 23.6 Å². The molecule has 0 unspecified atom stereocenters. The summed E-state index contributed by atoms with van der Waals surface area (Å²) in [4.78, 5) is 12.4. The van der Waals surface area contributed by atoms with Crippen molar-refractivity contribution in [1.82, 2.24) is 10.9 Å². The minimum Gasteiger partial charge on any atom is -0.497 e. The highest BCUT2D eigenvalue weighted by Crippen LogP contribution is 2.25. The van der Waals surface area contributed by atoms with Crippen molar-refractivity contribution in [2.75, 3.05) is 19.5 Å². The second-order valence-corrected chi connectivity index (χ2v) is 5.47. The summed E-state index contributed by atoms with van der Waals surface area (Å²) in [6, 6.07) is 8.80. The van der Waals surface area contributed by atoms with Crippen LogP contribution in [0.2, 0.25) is 0 Å². The van der Waals surface area contributed by atoms with Crippen molar-refractivity contribution in [3.05, 3.63) is 40.6 Å². The van der Waals surface area contributed by atoms with Crippen molar-refractivity contribution in [3.8, 4) is 11.5 Å². The van der Waals surface area contributed by atoms with Gasteiger partial charge in [-0.25, -0.2) is 0 Å². The van der Waals surface area contributed by atoms with Crippen molar-refractivity contribution in [2.45, 2.75) is 0 Å². The Bertz CT molecular complexity index is 637. The van der Waals surface area contributed by atoms with Gasteiger partial charge in [0.2, 0.25) is 0 Å². The second kappa shape index (κ2) is 7.62. The van der Waals surface area contributed by atoms with Gasteiger partial charge in [-0.2, -0.15) is 0 Å². The van der Waals surface area contributed by atoms with Crippen molar-refractivity contribution in [2.24, 2.45) is 0 Å². The Balaban J connectivity index is 1.93. The molecule has 0 fully saturated rings. The molecule has 0 atom stereocenters. The van der Waals surface area contributed by atoms with E-state index in [9.17, 15) is 4.79 Å². The van der Waals surface area contributed by atoms with E-state index in [1.54, 1.807) is 44.6 Å². The van der Waals surface area contributed by atoms with Gasteiger partial charge in [-0.15, -0.1) is 11.3 Å². The average Bonchev–Trinajstić information content (AvgIpc) is 3.06. The maximum absolute atomic E-state index is 11.8. The Kier molecular flexibility index (Phi) is 5.56. The molecule has 1 aromatic carbocycles. The highest BCUT2D eigenvalue weighted by atomic mass is 32.1. The van der Waals surface area contributed by atoms with Crippen LogP contribution in [-0.4, -0.2) is 25.2 Å². The van der Waals surface area contributed by atoms with Crippen LogP contribution in [0.5, 0.6) is 11.5 Å². The topological polar surface area (TPSA) is 71.6 Å². The van der Waals surface area contributed by atoms with Gasteiger partial charge >= 0.3 is 0 Å². The number of amides is 1. The van der Waals surface area contributed by atoms with E-state index in [4.69, 9.17) is 21.7 Å². The summed E-state index contributed by atoms with van der Waals surface area (Å²) in [6.07, 6.45) is 0. The summed E-state index contributed by atoms with van der Waals surface area (Å²) in [6.45, 7) is 0. The van der Waals surface area contributed by atoms with Gasteiger partial charge in [-0.1, -0.05) is 6.07 Å². The Morgan fingerprint density at radius 3 is 2.36 bits per heavy atom. The summed E-state index contributed by atoms with van der Waals surface area (Å²) >= 11 is 6.48. The zero-order valence-electron chi connectivity index (χ0n) is 12.0. The zero-order valence-corrected chi connectivity index (χ0v) is 13.6. The Labute approximate surface area is 137 Å². The molecule has 1 aromatic heterocycles. The van der Waals surface area contributed by atoms with Gasteiger partial charge in [-0.05, 0) is 23.7 Å². The quantitative estimate of drug-likeness (QED) is 0.588. The molecule has 0 radical (unpaired) electrons. The highest BCUT2D eigenvalue weighted by Gasteiger charge is 2.07. The number of hydrazine groups is 1. The molecule has 2 rings (SSSR count). The van der Waals surface area contributed by atoms with Crippen molar-refractivity contribution < 1.29 is 14.3 Å². The Morgan fingerprint density at radius 2 is 1.82 bits per heavy atom. The Hall–Kier alpha value is -2.32. The molecule has 2 aromatic rings. The fraction of sp³-hybridized carbons (Fsp3) is 0.143. The third-order valence-corrected chi connectivity index (χ3v) is 3.72. The van der Waals surface area contributed by atoms with E-state index >= 15 is 0 Å². The normalized spacial score (nSPS) is 9.73. The van der Waals surface area contributed by atoms with E-state index in [2.05, 4.69) is 16.2 Å². The van der Waals surface area contributed by atoms with Crippen molar-refractivity contribution >= 4 is 40.3 Å². The van der Waals surface area contributed by atoms with E-state index < -0.39 is 0 Å². The van der Waals surface area contributed by atoms with Crippen LogP contribution in [0.1, 0.15) is 9.67 Å². The van der Waals surface area contributed by atoms with Crippen LogP contribution in [0.4, 0.5) is 5.69 Å². The number of nitrogens with one attached hydrogen (secondary N) is 3. The number of thiophene rings is 1. The lowest BCUT2D eigenvalue weighted by Gasteiger charge is -2.13. The monoisotopic (exact) mass is 337 g/mol. The molecule has 0 aliphatic carbocycles. The first-order valence-corrected chi connectivity index (χ1v) is 7.55. The molecule has 1 amide bonds. The first-order valence-electron chi connectivity index (χ1n) is 6.26. The van der Waals surface area contributed by atoms with E-state index in [0.29, 0.717) is 22.1 Å². The SMILES string of the molecule is COc1cc(NC(=S)NNC(=O)c2cccs2)cc(OC)c1. The fourth-order valence-corrected chi connectivity index (χ4v) is 2.41. The summed E-state index contributed by atoms with van der Waals surface area (Å²) < 4.78 is 10.3. The van der Waals surface area contributed by atoms with Gasteiger partial charge in [0.15, 0.2) is 5.11 Å². The summed E-state index contributed by atoms with van der Waals surface area (Å²) in [7, 11) is 3.13. The standard InChI is InChI=1S/C14H15N3O3S2/c1-19-10-6-9(7-11(8-10)20-2)15-14(21)17-16-13(18)12-4-3-5-22-12/h3-8H,1-2H3,(H,16,18)(H2,15,17,21). The molecule has 116 valence electrons. The molecule has 0 saturated carbocycles. The predicted molar refractivity (Wildman–Crippen MR) is 90.7 cm³/mol. The van der Waals surface area contributed by atoms with Crippen LogP contribution in [0.3, 0.4) is 0 Å². The first-order chi connectivity index (χ1) is 10.6. The largest absolute Gasteiger partial charge is 0.497 e. The number of anilines is 1. The van der Waals surface area contributed by atoms with Crippen LogP contribution in [0, 0.1) is 0 Å². The molecule has 0 aliphatic rings. The van der Waals surface area contributed by atoms with Gasteiger partial charge < -0.3 is 14.8 Å². The number of benzene rings is 1. The lowest BCUT2D eigenvalue weighted by atomic mass is 10.3. The van der Waals surface area contributed by atoms with Gasteiger partial charge in [0.1, 0.15) is 11.5 Å². The lowest BCUT2D eigenvalue weighted by molar-refractivity contribution is 0.0948. The molecule has 8 heteroatoms. The van der Waals surface area contributed by atoms with Crippen LogP contribution in [0.15, 0.2) is 35.7 Å². The smallest absolute Gasteiger partial charge is 0.279 e. The molecule has 3 N–H and O–H groups in total. The van der Waals surface area contributed by atoms with Gasteiger partial charge in [-0.3, -0.25) is 15.6 Å². The molecule has 0 saturated heterocycles. The van der Waals surface area contributed by atoms with Gasteiger partial charge in [0, 0.05) is 23.9 Å². The molecule has 22 heavy (non-hydrogen) atoms. The number of rotatable bonds is 4. The van der Waals surface area contributed by atoms with E-state index in [-0.39, 0.29) is 11.0 Å². The van der Waals surface area contributed by atoms with Crippen LogP contribution < -0.4 is 25.6 Å². The molecular weight excluding hydrogens is 322 g/mol. The second-order valence-electron chi connectivity index (χ2n) is 4.11. The molecule has 6 nitrogen and oxygen atoms in total. The lowest BCUT2D eigenvalue weighted by Crippen LogP contribution is -2.43. The van der Waals surface area contributed by atoms with E-state index in [1.165, 1.54) is 11.3 Å². The molecule has 0 aliphatic heterocycles. The number of thiocarbonyl (C=S) groups is 1. The number of carbonyl (C=O) groups excluding carboxylic acids is 1. The summed E-state index contributed by atoms with van der Waals surface area (Å²) in [5.41, 5.74) is 5.84. The predicted octanol–water partition coefficient (Wildman–Crippen LogP) is 2.40. The minimum absolute atomic E-state index is 0.248. The highest BCUT2D eigenvalue weighted by molar-refractivity contribution is 7.80. The number of hydrogen-bond acceptors (Lipinski definition) is 5. The average molecular weight is 337 g/mol. The first kappa shape index (κ1) is 16.1. The molecule has 0 bridgehead atoms. The summed E-state index contributed by atoms with van der Waals surface area (Å²) in [5, 5.41) is 5.02. The van der Waals surface area contributed by atoms with Gasteiger partial charge in [0.05, 0.1) is 19.1 Å². The van der Waals surface area contributed by atoms with Crippen LogP contribution in [0.25, 0.3) is 0 Å². The van der Waals surface area contributed by atoms with Gasteiger partial charge in [0.25, 0.3) is 5.91 Å². The van der Waals surface area contributed by atoms with Crippen molar-refractivity contribution in [3.63, 3.8) is 0 Å². The maximum atomic E-state index is 11.8. The molecular formula is C14H15N3O3S2. The van der Waals surface area contributed by atoms with E-state index in [1.807, 2.05) is 5.38 Å². The fourth-order valence-electron chi connectivity index (χ4n) is 1.62. The maximum Gasteiger partial charge on any atom is 0.279 e. The number of ether oxygens (including phenoxy) is 2. The van der Waals surface area contributed by atoms with E-state index in [0.717, 1.165) is 0 Å². The number of carbonyl (C=O) groups is 1. The van der Waals surface area contributed by atoms with Crippen LogP contribution in [-0.2, 0) is 0 Å². The number of hydrogen-bond donors (Lipinski definition) is 3. The zero-order chi connectivity index (χ0) is 15.9. The molecule has 1 heterocycles. The third-order valence-electron chi connectivity index (χ3n) is 2.64. The summed E-state index contributed by atoms with van der Waals surface area (Å²) in [5.74, 6) is 1.02. The number of methoxy groups -OCH3 is 2. The Morgan fingerprint density at radius 1 is 1.14 bits per heavy atom.